The molecular weight excluding hydrogens is 304 g/mol. The van der Waals surface area contributed by atoms with Crippen molar-refractivity contribution in [3.63, 3.8) is 0 Å². The van der Waals surface area contributed by atoms with Gasteiger partial charge in [0.25, 0.3) is 0 Å². The normalized spacial score (nSPS) is 17.7. The molecule has 0 aliphatic carbocycles. The van der Waals surface area contributed by atoms with Crippen LogP contribution in [0.25, 0.3) is 11.1 Å². The molecule has 2 aromatic heterocycles. The van der Waals surface area contributed by atoms with E-state index in [1.807, 2.05) is 48.6 Å². The fourth-order valence-corrected chi connectivity index (χ4v) is 3.41. The lowest BCUT2D eigenvalue weighted by molar-refractivity contribution is -0.132. The van der Waals surface area contributed by atoms with E-state index in [1.54, 1.807) is 4.68 Å². The molecule has 0 radical (unpaired) electrons. The number of aryl methyl sites for hydroxylation is 2. The third-order valence-corrected chi connectivity index (χ3v) is 4.57. The minimum absolute atomic E-state index is 0.148. The van der Waals surface area contributed by atoms with Crippen LogP contribution in [-0.4, -0.2) is 32.1 Å². The second kappa shape index (κ2) is 6.11. The van der Waals surface area contributed by atoms with Gasteiger partial charge in [0.1, 0.15) is 5.52 Å². The molecule has 1 aromatic carbocycles. The van der Waals surface area contributed by atoms with Crippen molar-refractivity contribution < 1.29 is 9.21 Å². The number of fused-ring (bicyclic) bond motifs is 1. The van der Waals surface area contributed by atoms with Crippen LogP contribution in [0, 0.1) is 0 Å². The third kappa shape index (κ3) is 2.79. The van der Waals surface area contributed by atoms with E-state index in [9.17, 15) is 4.79 Å². The zero-order valence-electron chi connectivity index (χ0n) is 13.7. The van der Waals surface area contributed by atoms with Gasteiger partial charge in [0.15, 0.2) is 11.5 Å². The van der Waals surface area contributed by atoms with E-state index in [1.165, 1.54) is 0 Å². The van der Waals surface area contributed by atoms with Gasteiger partial charge in [0.2, 0.25) is 5.91 Å². The van der Waals surface area contributed by atoms with Crippen molar-refractivity contribution in [2.24, 2.45) is 7.05 Å². The number of rotatable bonds is 4. The molecule has 1 atom stereocenters. The Bertz CT molecular complexity index is 834. The van der Waals surface area contributed by atoms with Gasteiger partial charge in [-0.2, -0.15) is 5.10 Å². The monoisotopic (exact) mass is 324 g/mol. The van der Waals surface area contributed by atoms with E-state index >= 15 is 0 Å². The first-order valence-electron chi connectivity index (χ1n) is 8.33. The fourth-order valence-electron chi connectivity index (χ4n) is 3.41. The van der Waals surface area contributed by atoms with Crippen LogP contribution in [0.4, 0.5) is 0 Å². The maximum Gasteiger partial charge on any atom is 0.223 e. The van der Waals surface area contributed by atoms with Crippen LogP contribution in [0.2, 0.25) is 0 Å². The van der Waals surface area contributed by atoms with Crippen LogP contribution in [0.1, 0.15) is 36.8 Å². The van der Waals surface area contributed by atoms with E-state index in [2.05, 4.69) is 10.1 Å². The van der Waals surface area contributed by atoms with Crippen LogP contribution in [0.15, 0.2) is 41.1 Å². The smallest absolute Gasteiger partial charge is 0.223 e. The molecule has 6 heteroatoms. The summed E-state index contributed by atoms with van der Waals surface area (Å²) < 4.78 is 7.49. The van der Waals surface area contributed by atoms with Crippen LogP contribution in [0.5, 0.6) is 0 Å². The molecule has 1 aliphatic rings. The van der Waals surface area contributed by atoms with Gasteiger partial charge >= 0.3 is 0 Å². The first-order valence-corrected chi connectivity index (χ1v) is 8.33. The van der Waals surface area contributed by atoms with E-state index in [0.717, 1.165) is 36.0 Å². The molecule has 4 rings (SSSR count). The average Bonchev–Trinajstić information content (AvgIpc) is 3.30. The Labute approximate surface area is 140 Å². The Morgan fingerprint density at radius 1 is 1.38 bits per heavy atom. The molecule has 6 nitrogen and oxygen atoms in total. The Balaban J connectivity index is 1.43. The molecule has 0 unspecified atom stereocenters. The minimum atomic E-state index is 0.148. The van der Waals surface area contributed by atoms with E-state index in [4.69, 9.17) is 4.42 Å². The van der Waals surface area contributed by atoms with Gasteiger partial charge in [-0.15, -0.1) is 0 Å². The maximum atomic E-state index is 12.7. The summed E-state index contributed by atoms with van der Waals surface area (Å²) in [7, 11) is 1.90. The number of oxazole rings is 1. The van der Waals surface area contributed by atoms with Crippen molar-refractivity contribution in [2.45, 2.75) is 31.7 Å². The summed E-state index contributed by atoms with van der Waals surface area (Å²) in [4.78, 5) is 19.1. The zero-order valence-corrected chi connectivity index (χ0v) is 13.7. The molecule has 0 spiro atoms. The number of para-hydroxylation sites is 2. The minimum Gasteiger partial charge on any atom is -0.441 e. The summed E-state index contributed by atoms with van der Waals surface area (Å²) in [5.41, 5.74) is 2.73. The number of aromatic nitrogens is 3. The molecule has 24 heavy (non-hydrogen) atoms. The highest BCUT2D eigenvalue weighted by Crippen LogP contribution is 2.32. The number of nitrogens with zero attached hydrogens (tertiary/aromatic N) is 4. The number of benzene rings is 1. The summed E-state index contributed by atoms with van der Waals surface area (Å²) >= 11 is 0. The van der Waals surface area contributed by atoms with Crippen molar-refractivity contribution in [3.05, 3.63) is 48.1 Å². The Morgan fingerprint density at radius 2 is 2.25 bits per heavy atom. The van der Waals surface area contributed by atoms with Crippen molar-refractivity contribution in [1.82, 2.24) is 19.7 Å². The maximum absolute atomic E-state index is 12.7. The number of hydrogen-bond donors (Lipinski definition) is 0. The molecule has 3 aromatic rings. The molecule has 124 valence electrons. The number of carbonyl (C=O) groups is 1. The molecule has 3 heterocycles. The highest BCUT2D eigenvalue weighted by atomic mass is 16.3. The first-order chi connectivity index (χ1) is 11.7. The largest absolute Gasteiger partial charge is 0.441 e. The summed E-state index contributed by atoms with van der Waals surface area (Å²) in [5, 5.41) is 4.23. The summed E-state index contributed by atoms with van der Waals surface area (Å²) in [6.45, 7) is 0.811. The SMILES string of the molecule is Cn1cc([C@@H]2CCCN2C(=O)CCc2nc3ccccc3o2)cn1. The molecule has 1 amide bonds. The van der Waals surface area contributed by atoms with Crippen LogP contribution < -0.4 is 0 Å². The van der Waals surface area contributed by atoms with Gasteiger partial charge < -0.3 is 9.32 Å². The van der Waals surface area contributed by atoms with Crippen molar-refractivity contribution in [1.29, 1.82) is 0 Å². The second-order valence-electron chi connectivity index (χ2n) is 6.27. The fraction of sp³-hybridized carbons (Fsp3) is 0.389. The van der Waals surface area contributed by atoms with E-state index in [0.29, 0.717) is 18.7 Å². The van der Waals surface area contributed by atoms with E-state index < -0.39 is 0 Å². The van der Waals surface area contributed by atoms with Crippen molar-refractivity contribution in [2.75, 3.05) is 6.54 Å². The average molecular weight is 324 g/mol. The van der Waals surface area contributed by atoms with Crippen LogP contribution in [-0.2, 0) is 18.3 Å². The Kier molecular flexibility index (Phi) is 3.80. The molecule has 1 saturated heterocycles. The van der Waals surface area contributed by atoms with E-state index in [-0.39, 0.29) is 11.9 Å². The first kappa shape index (κ1) is 14.9. The molecular formula is C18H20N4O2. The van der Waals surface area contributed by atoms with Gasteiger partial charge in [-0.25, -0.2) is 4.98 Å². The quantitative estimate of drug-likeness (QED) is 0.740. The molecule has 1 fully saturated rings. The standard InChI is InChI=1S/C18H20N4O2/c1-21-12-13(11-19-21)15-6-4-10-22(15)18(23)9-8-17-20-14-5-2-3-7-16(14)24-17/h2-3,5,7,11-12,15H,4,6,8-10H2,1H3/t15-/m0/s1. The van der Waals surface area contributed by atoms with Crippen molar-refractivity contribution in [3.8, 4) is 0 Å². The van der Waals surface area contributed by atoms with Gasteiger partial charge in [0.05, 0.1) is 12.2 Å². The Hall–Kier alpha value is -2.63. The number of likely N-dealkylation sites (tertiary alicyclic amines) is 1. The predicted octanol–water partition coefficient (Wildman–Crippen LogP) is 2.86. The van der Waals surface area contributed by atoms with Gasteiger partial charge in [-0.05, 0) is 25.0 Å². The van der Waals surface area contributed by atoms with Gasteiger partial charge in [-0.3, -0.25) is 9.48 Å². The lowest BCUT2D eigenvalue weighted by Gasteiger charge is -2.23. The molecule has 0 saturated carbocycles. The second-order valence-corrected chi connectivity index (χ2v) is 6.27. The molecule has 0 bridgehead atoms. The summed E-state index contributed by atoms with van der Waals surface area (Å²) in [6.07, 6.45) is 6.84. The lowest BCUT2D eigenvalue weighted by atomic mass is 10.1. The third-order valence-electron chi connectivity index (χ3n) is 4.57. The number of hydrogen-bond acceptors (Lipinski definition) is 4. The van der Waals surface area contributed by atoms with Crippen LogP contribution >= 0.6 is 0 Å². The predicted molar refractivity (Wildman–Crippen MR) is 89.2 cm³/mol. The highest BCUT2D eigenvalue weighted by molar-refractivity contribution is 5.77. The van der Waals surface area contributed by atoms with Crippen LogP contribution in [0.3, 0.4) is 0 Å². The van der Waals surface area contributed by atoms with Crippen molar-refractivity contribution >= 4 is 17.0 Å². The molecule has 1 aliphatic heterocycles. The summed E-state index contributed by atoms with van der Waals surface area (Å²) in [6, 6.07) is 7.82. The topological polar surface area (TPSA) is 64.2 Å². The number of carbonyl (C=O) groups excluding carboxylic acids is 1. The zero-order chi connectivity index (χ0) is 16.5. The van der Waals surface area contributed by atoms with Gasteiger partial charge in [-0.1, -0.05) is 12.1 Å². The highest BCUT2D eigenvalue weighted by Gasteiger charge is 2.30. The number of amides is 1. The van der Waals surface area contributed by atoms with Gasteiger partial charge in [0, 0.05) is 38.2 Å². The summed E-state index contributed by atoms with van der Waals surface area (Å²) in [5.74, 6) is 0.783. The lowest BCUT2D eigenvalue weighted by Crippen LogP contribution is -2.30. The Morgan fingerprint density at radius 3 is 3.04 bits per heavy atom. The molecule has 0 N–H and O–H groups in total.